The Morgan fingerprint density at radius 1 is 1.43 bits per heavy atom. The Morgan fingerprint density at radius 3 is 2.95 bits per heavy atom. The van der Waals surface area contributed by atoms with Crippen molar-refractivity contribution >= 4 is 32.8 Å². The first-order chi connectivity index (χ1) is 10.0. The second kappa shape index (κ2) is 7.15. The first-order valence-corrected chi connectivity index (χ1v) is 9.34. The predicted octanol–water partition coefficient (Wildman–Crippen LogP) is 1.99. The highest BCUT2D eigenvalue weighted by Crippen LogP contribution is 2.23. The zero-order chi connectivity index (χ0) is 15.3. The highest BCUT2D eigenvalue weighted by atomic mass is 32.2. The fraction of sp³-hybridized carbons (Fsp3) is 0.462. The molecule has 1 heterocycles. The smallest absolute Gasteiger partial charge is 0.211 e. The molecule has 2 N–H and O–H groups in total. The monoisotopic (exact) mass is 329 g/mol. The van der Waals surface area contributed by atoms with Crippen LogP contribution in [0.1, 0.15) is 13.3 Å². The predicted molar refractivity (Wildman–Crippen MR) is 85.5 cm³/mol. The highest BCUT2D eigenvalue weighted by molar-refractivity contribution is 7.99. The van der Waals surface area contributed by atoms with Crippen LogP contribution in [0.15, 0.2) is 23.4 Å². The lowest BCUT2D eigenvalue weighted by Crippen LogP contribution is -2.22. The van der Waals surface area contributed by atoms with Gasteiger partial charge in [-0.3, -0.25) is 0 Å². The number of aromatic nitrogens is 2. The average molecular weight is 329 g/mol. The van der Waals surface area contributed by atoms with Gasteiger partial charge in [-0.1, -0.05) is 11.8 Å². The maximum atomic E-state index is 11.3. The molecule has 0 aliphatic rings. The zero-order valence-electron chi connectivity index (χ0n) is 12.0. The van der Waals surface area contributed by atoms with Gasteiger partial charge < -0.3 is 9.72 Å². The number of thioether (sulfide) groups is 1. The molecule has 0 spiro atoms. The third kappa shape index (κ3) is 4.62. The number of H-pyrrole nitrogens is 1. The van der Waals surface area contributed by atoms with E-state index in [1.165, 1.54) is 18.8 Å². The summed E-state index contributed by atoms with van der Waals surface area (Å²) in [5.74, 6) is 1.63. The summed E-state index contributed by atoms with van der Waals surface area (Å²) in [7, 11) is -1.69. The summed E-state index contributed by atoms with van der Waals surface area (Å²) in [5, 5.41) is 0.792. The summed E-state index contributed by atoms with van der Waals surface area (Å²) in [6.07, 6.45) is 0.578. The molecule has 0 saturated heterocycles. The molecule has 6 nitrogen and oxygen atoms in total. The number of imidazole rings is 1. The van der Waals surface area contributed by atoms with Crippen LogP contribution >= 0.6 is 11.8 Å². The van der Waals surface area contributed by atoms with Gasteiger partial charge in [0.2, 0.25) is 10.0 Å². The van der Waals surface area contributed by atoms with Crippen molar-refractivity contribution in [2.45, 2.75) is 18.5 Å². The van der Waals surface area contributed by atoms with Crippen LogP contribution in [0.5, 0.6) is 5.75 Å². The largest absolute Gasteiger partial charge is 0.494 e. The fourth-order valence-electron chi connectivity index (χ4n) is 1.81. The standard InChI is InChI=1S/C13H19N3O3S2/c1-3-19-10-5-6-11-12(9-10)16-13(15-11)20-7-4-8-21(17,18)14-2/h5-6,9,14H,3-4,7-8H2,1-2H3,(H,15,16). The Balaban J connectivity index is 1.93. The van der Waals surface area contributed by atoms with Gasteiger partial charge in [0.05, 0.1) is 23.4 Å². The van der Waals surface area contributed by atoms with Gasteiger partial charge in [-0.15, -0.1) is 0 Å². The van der Waals surface area contributed by atoms with E-state index in [1.54, 1.807) is 0 Å². The number of hydrogen-bond donors (Lipinski definition) is 2. The summed E-state index contributed by atoms with van der Waals surface area (Å²) in [4.78, 5) is 7.67. The van der Waals surface area contributed by atoms with Gasteiger partial charge in [-0.25, -0.2) is 18.1 Å². The number of aromatic amines is 1. The van der Waals surface area contributed by atoms with Crippen molar-refractivity contribution in [2.24, 2.45) is 0 Å². The Kier molecular flexibility index (Phi) is 5.49. The van der Waals surface area contributed by atoms with Crippen molar-refractivity contribution in [3.63, 3.8) is 0 Å². The van der Waals surface area contributed by atoms with Gasteiger partial charge in [0.25, 0.3) is 0 Å². The number of hydrogen-bond acceptors (Lipinski definition) is 5. The fourth-order valence-corrected chi connectivity index (χ4v) is 3.55. The van der Waals surface area contributed by atoms with Crippen molar-refractivity contribution < 1.29 is 13.2 Å². The minimum Gasteiger partial charge on any atom is -0.494 e. The zero-order valence-corrected chi connectivity index (χ0v) is 13.7. The lowest BCUT2D eigenvalue weighted by molar-refractivity contribution is 0.340. The molecular weight excluding hydrogens is 310 g/mol. The molecule has 116 valence electrons. The quantitative estimate of drug-likeness (QED) is 0.571. The number of nitrogens with one attached hydrogen (secondary N) is 2. The van der Waals surface area contributed by atoms with E-state index in [4.69, 9.17) is 4.74 Å². The van der Waals surface area contributed by atoms with Crippen molar-refractivity contribution in [3.05, 3.63) is 18.2 Å². The van der Waals surface area contributed by atoms with E-state index in [0.29, 0.717) is 18.8 Å². The summed E-state index contributed by atoms with van der Waals surface area (Å²) in [5.41, 5.74) is 1.80. The van der Waals surface area contributed by atoms with Crippen molar-refractivity contribution in [2.75, 3.05) is 25.2 Å². The van der Waals surface area contributed by atoms with E-state index in [0.717, 1.165) is 21.9 Å². The molecule has 0 aliphatic carbocycles. The van der Waals surface area contributed by atoms with Crippen LogP contribution in [0.4, 0.5) is 0 Å². The van der Waals surface area contributed by atoms with Crippen LogP contribution in [-0.4, -0.2) is 43.5 Å². The van der Waals surface area contributed by atoms with Gasteiger partial charge in [0.1, 0.15) is 5.75 Å². The molecule has 2 rings (SSSR count). The van der Waals surface area contributed by atoms with Gasteiger partial charge in [0.15, 0.2) is 5.16 Å². The van der Waals surface area contributed by atoms with E-state index in [-0.39, 0.29) is 5.75 Å². The lowest BCUT2D eigenvalue weighted by atomic mass is 10.3. The Morgan fingerprint density at radius 2 is 2.24 bits per heavy atom. The first kappa shape index (κ1) is 16.1. The third-order valence-electron chi connectivity index (χ3n) is 2.85. The second-order valence-corrected chi connectivity index (χ2v) is 7.51. The normalized spacial score (nSPS) is 11.9. The van der Waals surface area contributed by atoms with Crippen LogP contribution in [-0.2, 0) is 10.0 Å². The SMILES string of the molecule is CCOc1ccc2nc(SCCCS(=O)(=O)NC)[nH]c2c1. The number of benzene rings is 1. The molecule has 0 bridgehead atoms. The molecule has 0 aliphatic heterocycles. The molecule has 2 aromatic rings. The van der Waals surface area contributed by atoms with E-state index in [2.05, 4.69) is 14.7 Å². The molecule has 1 aromatic carbocycles. The molecule has 21 heavy (non-hydrogen) atoms. The molecule has 0 radical (unpaired) electrons. The molecule has 1 aromatic heterocycles. The van der Waals surface area contributed by atoms with Gasteiger partial charge in [0, 0.05) is 11.8 Å². The van der Waals surface area contributed by atoms with E-state index >= 15 is 0 Å². The first-order valence-electron chi connectivity index (χ1n) is 6.70. The molecule has 0 amide bonds. The highest BCUT2D eigenvalue weighted by Gasteiger charge is 2.08. The van der Waals surface area contributed by atoms with Crippen molar-refractivity contribution in [1.82, 2.24) is 14.7 Å². The maximum Gasteiger partial charge on any atom is 0.211 e. The number of fused-ring (bicyclic) bond motifs is 1. The van der Waals surface area contributed by atoms with Crippen LogP contribution in [0.25, 0.3) is 11.0 Å². The molecule has 0 fully saturated rings. The number of nitrogens with zero attached hydrogens (tertiary/aromatic N) is 1. The van der Waals surface area contributed by atoms with Gasteiger partial charge in [-0.05, 0) is 32.5 Å². The topological polar surface area (TPSA) is 84.1 Å². The van der Waals surface area contributed by atoms with Gasteiger partial charge >= 0.3 is 0 Å². The Hall–Kier alpha value is -1.25. The van der Waals surface area contributed by atoms with Crippen LogP contribution in [0.3, 0.4) is 0 Å². The minimum atomic E-state index is -3.12. The minimum absolute atomic E-state index is 0.130. The summed E-state index contributed by atoms with van der Waals surface area (Å²) < 4.78 is 30.3. The van der Waals surface area contributed by atoms with Crippen LogP contribution in [0, 0.1) is 0 Å². The van der Waals surface area contributed by atoms with E-state index < -0.39 is 10.0 Å². The third-order valence-corrected chi connectivity index (χ3v) is 5.26. The number of sulfonamides is 1. The summed E-state index contributed by atoms with van der Waals surface area (Å²) in [6.45, 7) is 2.57. The molecule has 0 unspecified atom stereocenters. The second-order valence-electron chi connectivity index (χ2n) is 4.38. The number of rotatable bonds is 8. The van der Waals surface area contributed by atoms with E-state index in [9.17, 15) is 8.42 Å². The molecular formula is C13H19N3O3S2. The van der Waals surface area contributed by atoms with Crippen LogP contribution < -0.4 is 9.46 Å². The summed E-state index contributed by atoms with van der Waals surface area (Å²) in [6, 6.07) is 5.72. The van der Waals surface area contributed by atoms with E-state index in [1.807, 2.05) is 25.1 Å². The Bertz CT molecular complexity index is 698. The molecule has 0 atom stereocenters. The van der Waals surface area contributed by atoms with Crippen molar-refractivity contribution in [1.29, 1.82) is 0 Å². The van der Waals surface area contributed by atoms with Crippen LogP contribution in [0.2, 0.25) is 0 Å². The van der Waals surface area contributed by atoms with Gasteiger partial charge in [-0.2, -0.15) is 0 Å². The number of ether oxygens (including phenoxy) is 1. The maximum absolute atomic E-state index is 11.3. The molecule has 0 saturated carbocycles. The molecule has 8 heteroatoms. The summed E-state index contributed by atoms with van der Waals surface area (Å²) >= 11 is 1.52. The lowest BCUT2D eigenvalue weighted by Gasteiger charge is -2.01. The van der Waals surface area contributed by atoms with Crippen molar-refractivity contribution in [3.8, 4) is 5.75 Å². The average Bonchev–Trinajstić information content (AvgIpc) is 2.86. The Labute approximate surface area is 128 Å².